The fourth-order valence-electron chi connectivity index (χ4n) is 8.78. The highest BCUT2D eigenvalue weighted by molar-refractivity contribution is 5.98. The number of likely N-dealkylation sites (tertiary alicyclic amines) is 1. The highest BCUT2D eigenvalue weighted by Gasteiger charge is 2.46. The van der Waals surface area contributed by atoms with E-state index < -0.39 is 36.5 Å². The van der Waals surface area contributed by atoms with Crippen molar-refractivity contribution in [2.24, 2.45) is 23.5 Å². The standard InChI is InChI=1S/C36H39F4N7O2/c1-17-27-7-5-20-13-30(46(32(20)43-27)16-36(39,40)8-2-3-18-10-23(18)34(48)42-17)33-44-28-12-21(11-25(38)31(28)47(33)29-14-24(29)37)35(49)45-15-26(41)19-4-6-22(45)9-19/h5,7,11-13,17-19,22-24,26,29H,2-4,6,8-10,14-16,41H2,1H3,(H,42,48)/t17-,18-,19-,22+,23-,24-,26+,29-/m1/s1. The second-order valence-electron chi connectivity index (χ2n) is 15.1. The Hall–Kier alpha value is -4.00. The highest BCUT2D eigenvalue weighted by atomic mass is 19.3. The minimum absolute atomic E-state index is 0.0302. The molecule has 9 nitrogen and oxygen atoms in total. The van der Waals surface area contributed by atoms with E-state index in [1.54, 1.807) is 23.1 Å². The summed E-state index contributed by atoms with van der Waals surface area (Å²) < 4.78 is 65.6. The van der Waals surface area contributed by atoms with E-state index in [1.807, 2.05) is 6.92 Å². The van der Waals surface area contributed by atoms with E-state index >= 15 is 13.2 Å². The smallest absolute Gasteiger partial charge is 0.265 e. The molecule has 3 aliphatic carbocycles. The number of rotatable bonds is 3. The van der Waals surface area contributed by atoms with Crippen LogP contribution in [0.4, 0.5) is 17.6 Å². The predicted molar refractivity (Wildman–Crippen MR) is 174 cm³/mol. The van der Waals surface area contributed by atoms with Crippen molar-refractivity contribution in [3.05, 3.63) is 47.4 Å². The molecule has 0 unspecified atom stereocenters. The van der Waals surface area contributed by atoms with E-state index in [4.69, 9.17) is 15.7 Å². The first kappa shape index (κ1) is 31.0. The van der Waals surface area contributed by atoms with Gasteiger partial charge in [-0.2, -0.15) is 0 Å². The highest BCUT2D eigenvalue weighted by Crippen LogP contribution is 2.47. The minimum Gasteiger partial charge on any atom is -0.348 e. The lowest BCUT2D eigenvalue weighted by Crippen LogP contribution is -2.51. The van der Waals surface area contributed by atoms with Gasteiger partial charge in [0.25, 0.3) is 11.8 Å². The second-order valence-corrected chi connectivity index (χ2v) is 15.1. The van der Waals surface area contributed by atoms with Crippen molar-refractivity contribution in [2.45, 2.75) is 101 Å². The van der Waals surface area contributed by atoms with Gasteiger partial charge in [0.05, 0.1) is 35.5 Å². The monoisotopic (exact) mass is 677 g/mol. The van der Waals surface area contributed by atoms with Gasteiger partial charge in [0.1, 0.15) is 23.2 Å². The van der Waals surface area contributed by atoms with E-state index in [2.05, 4.69) is 5.32 Å². The molecule has 3 saturated carbocycles. The Morgan fingerprint density at radius 1 is 1.06 bits per heavy atom. The van der Waals surface area contributed by atoms with Gasteiger partial charge in [-0.1, -0.05) is 0 Å². The fourth-order valence-corrected chi connectivity index (χ4v) is 8.78. The lowest BCUT2D eigenvalue weighted by atomic mass is 9.94. The van der Waals surface area contributed by atoms with Gasteiger partial charge in [0.2, 0.25) is 5.91 Å². The quantitative estimate of drug-likeness (QED) is 0.256. The fraction of sp³-hybridized carbons (Fsp3) is 0.556. The lowest BCUT2D eigenvalue weighted by Gasteiger charge is -2.37. The number of pyridine rings is 1. The third-order valence-electron chi connectivity index (χ3n) is 11.7. The Morgan fingerprint density at radius 3 is 2.67 bits per heavy atom. The maximum Gasteiger partial charge on any atom is 0.265 e. The Labute approximate surface area is 280 Å². The third kappa shape index (κ3) is 5.21. The van der Waals surface area contributed by atoms with Gasteiger partial charge in [0.15, 0.2) is 5.82 Å². The van der Waals surface area contributed by atoms with Crippen LogP contribution in [0, 0.1) is 23.6 Å². The van der Waals surface area contributed by atoms with Crippen molar-refractivity contribution < 1.29 is 27.2 Å². The summed E-state index contributed by atoms with van der Waals surface area (Å²) in [6.45, 7) is 1.51. The van der Waals surface area contributed by atoms with Crippen LogP contribution in [0.1, 0.15) is 86.4 Å². The zero-order valence-electron chi connectivity index (χ0n) is 27.2. The van der Waals surface area contributed by atoms with Gasteiger partial charge in [-0.15, -0.1) is 0 Å². The van der Waals surface area contributed by atoms with Gasteiger partial charge in [-0.3, -0.25) is 9.59 Å². The van der Waals surface area contributed by atoms with Gasteiger partial charge in [-0.05, 0) is 87.6 Å². The number of imidazole rings is 1. The van der Waals surface area contributed by atoms with Gasteiger partial charge < -0.3 is 25.1 Å². The molecule has 9 rings (SSSR count). The normalized spacial score (nSPS) is 32.3. The summed E-state index contributed by atoms with van der Waals surface area (Å²) in [6, 6.07) is 6.63. The molecule has 1 aromatic carbocycles. The summed E-state index contributed by atoms with van der Waals surface area (Å²) in [5.41, 5.74) is 7.71. The van der Waals surface area contributed by atoms with E-state index in [9.17, 15) is 14.0 Å². The summed E-state index contributed by atoms with van der Waals surface area (Å²) in [5, 5.41) is 3.59. The van der Waals surface area contributed by atoms with Crippen molar-refractivity contribution >= 4 is 33.9 Å². The first-order valence-corrected chi connectivity index (χ1v) is 17.6. The summed E-state index contributed by atoms with van der Waals surface area (Å²) in [5.74, 6) is -3.81. The Balaban J connectivity index is 1.17. The van der Waals surface area contributed by atoms with Crippen LogP contribution in [-0.2, 0) is 11.3 Å². The number of benzene rings is 1. The van der Waals surface area contributed by atoms with E-state index in [-0.39, 0.29) is 88.8 Å². The molecule has 5 heterocycles. The molecule has 4 fully saturated rings. The lowest BCUT2D eigenvalue weighted by molar-refractivity contribution is -0.123. The molecular formula is C36H39F4N7O2. The molecule has 3 N–H and O–H groups in total. The summed E-state index contributed by atoms with van der Waals surface area (Å²) in [4.78, 5) is 37.9. The van der Waals surface area contributed by atoms with Crippen LogP contribution in [0.2, 0.25) is 0 Å². The van der Waals surface area contributed by atoms with Gasteiger partial charge >= 0.3 is 0 Å². The number of piperidine rings is 1. The predicted octanol–water partition coefficient (Wildman–Crippen LogP) is 6.06. The van der Waals surface area contributed by atoms with E-state index in [0.717, 1.165) is 19.3 Å². The first-order chi connectivity index (χ1) is 23.5. The Bertz CT molecular complexity index is 2020. The van der Waals surface area contributed by atoms with Crippen LogP contribution >= 0.6 is 0 Å². The zero-order valence-corrected chi connectivity index (χ0v) is 27.2. The maximum absolute atomic E-state index is 16.2. The molecule has 0 spiro atoms. The number of carbonyl (C=O) groups excluding carboxylic acids is 2. The van der Waals surface area contributed by atoms with Crippen molar-refractivity contribution in [1.82, 2.24) is 29.3 Å². The van der Waals surface area contributed by atoms with E-state index in [0.29, 0.717) is 36.4 Å². The van der Waals surface area contributed by atoms with Gasteiger partial charge in [0, 0.05) is 48.3 Å². The molecule has 8 atom stereocenters. The van der Waals surface area contributed by atoms with Gasteiger partial charge in [-0.25, -0.2) is 27.5 Å². The largest absolute Gasteiger partial charge is 0.348 e. The topological polar surface area (TPSA) is 111 Å². The number of aromatic nitrogens is 4. The molecule has 258 valence electrons. The van der Waals surface area contributed by atoms with Crippen LogP contribution in [0.25, 0.3) is 33.6 Å². The SMILES string of the molecule is C[C@H]1NC(=O)[C@@H]2C[C@H]2CCCC(F)(F)Cn2c(-c3nc4cc(C(=O)N5C[C@H](N)[C@@H]6CC[C@H]5C6)cc(F)c4n3[C@@H]3C[C@H]3F)cc3ccc1nc32. The average Bonchev–Trinajstić information content (AvgIpc) is 3.84. The number of nitrogens with two attached hydrogens (primary N) is 1. The van der Waals surface area contributed by atoms with E-state index in [1.165, 1.54) is 21.3 Å². The van der Waals surface area contributed by atoms with Crippen molar-refractivity contribution in [1.29, 1.82) is 0 Å². The minimum atomic E-state index is -3.13. The summed E-state index contributed by atoms with van der Waals surface area (Å²) in [7, 11) is 0. The average molecular weight is 678 g/mol. The molecule has 5 aliphatic rings. The van der Waals surface area contributed by atoms with Crippen LogP contribution in [-0.4, -0.2) is 66.5 Å². The third-order valence-corrected chi connectivity index (χ3v) is 11.7. The number of halogens is 4. The second kappa shape index (κ2) is 11.0. The summed E-state index contributed by atoms with van der Waals surface area (Å²) >= 11 is 0. The van der Waals surface area contributed by atoms with Crippen molar-refractivity contribution in [3.63, 3.8) is 0 Å². The molecular weight excluding hydrogens is 638 g/mol. The number of hydrogen-bond acceptors (Lipinski definition) is 5. The number of fused-ring (bicyclic) bond motifs is 5. The molecule has 13 heteroatoms. The first-order valence-electron chi connectivity index (χ1n) is 17.6. The van der Waals surface area contributed by atoms with Crippen LogP contribution in [0.3, 0.4) is 0 Å². The van der Waals surface area contributed by atoms with Crippen LogP contribution in [0.15, 0.2) is 30.3 Å². The summed E-state index contributed by atoms with van der Waals surface area (Å²) in [6.07, 6.45) is 2.64. The zero-order chi connectivity index (χ0) is 33.9. The number of nitrogens with one attached hydrogen (secondary N) is 1. The molecule has 4 aromatic rings. The number of nitrogens with zero attached hydrogens (tertiary/aromatic N) is 5. The van der Waals surface area contributed by atoms with Crippen molar-refractivity contribution in [2.75, 3.05) is 6.54 Å². The maximum atomic E-state index is 16.2. The molecule has 3 aromatic heterocycles. The Morgan fingerprint density at radius 2 is 1.88 bits per heavy atom. The Kier molecular flexibility index (Phi) is 6.96. The molecule has 2 aliphatic heterocycles. The number of carbonyl (C=O) groups is 2. The molecule has 49 heavy (non-hydrogen) atoms. The van der Waals surface area contributed by atoms with Crippen molar-refractivity contribution in [3.8, 4) is 11.5 Å². The number of alkyl halides is 3. The number of amides is 2. The molecule has 1 saturated heterocycles. The van der Waals surface area contributed by atoms with Crippen LogP contribution in [0.5, 0.6) is 0 Å². The molecule has 2 amide bonds. The van der Waals surface area contributed by atoms with Crippen LogP contribution < -0.4 is 11.1 Å². The molecule has 0 radical (unpaired) electrons. The molecule has 4 bridgehead atoms. The number of hydrogen-bond donors (Lipinski definition) is 2.